The number of ketones is 1. The molecule has 2 aromatic heterocycles. The van der Waals surface area contributed by atoms with Crippen LogP contribution in [0.3, 0.4) is 0 Å². The molecule has 0 saturated heterocycles. The SMILES string of the molecule is CC(N=C(N)C1C(=O)CCN=C1N)c1cc2ncc(Cl)n2c(=O)n1-c1ccccc1. The molecular weight excluding hydrogens is 406 g/mol. The maximum atomic E-state index is 13.3. The van der Waals surface area contributed by atoms with Crippen molar-refractivity contribution in [3.05, 3.63) is 63.9 Å². The van der Waals surface area contributed by atoms with E-state index in [1.165, 1.54) is 15.2 Å². The summed E-state index contributed by atoms with van der Waals surface area (Å²) in [4.78, 5) is 38.3. The fraction of sp³-hybridized carbons (Fsp3) is 0.250. The molecule has 9 nitrogen and oxygen atoms in total. The van der Waals surface area contributed by atoms with Crippen LogP contribution in [0.25, 0.3) is 11.3 Å². The summed E-state index contributed by atoms with van der Waals surface area (Å²) in [6, 6.07) is 10.3. The van der Waals surface area contributed by atoms with E-state index in [1.807, 2.05) is 18.2 Å². The molecule has 0 radical (unpaired) electrons. The largest absolute Gasteiger partial charge is 0.386 e. The van der Waals surface area contributed by atoms with Crippen molar-refractivity contribution >= 4 is 34.7 Å². The van der Waals surface area contributed by atoms with Gasteiger partial charge in [0.05, 0.1) is 23.6 Å². The highest BCUT2D eigenvalue weighted by Crippen LogP contribution is 2.23. The first-order valence-corrected chi connectivity index (χ1v) is 9.76. The van der Waals surface area contributed by atoms with Gasteiger partial charge in [-0.05, 0) is 19.1 Å². The van der Waals surface area contributed by atoms with Crippen LogP contribution in [0.2, 0.25) is 5.15 Å². The quantitative estimate of drug-likeness (QED) is 0.482. The lowest BCUT2D eigenvalue weighted by Crippen LogP contribution is -2.44. The van der Waals surface area contributed by atoms with Gasteiger partial charge in [-0.2, -0.15) is 0 Å². The number of imidazole rings is 1. The Labute approximate surface area is 176 Å². The highest BCUT2D eigenvalue weighted by Gasteiger charge is 2.30. The molecule has 0 bridgehead atoms. The van der Waals surface area contributed by atoms with E-state index in [4.69, 9.17) is 23.1 Å². The lowest BCUT2D eigenvalue weighted by atomic mass is 9.96. The molecule has 0 amide bonds. The fourth-order valence-electron chi connectivity index (χ4n) is 3.56. The Bertz CT molecular complexity index is 1240. The van der Waals surface area contributed by atoms with Gasteiger partial charge in [0.1, 0.15) is 28.4 Å². The van der Waals surface area contributed by atoms with E-state index in [0.29, 0.717) is 23.6 Å². The summed E-state index contributed by atoms with van der Waals surface area (Å²) in [5.41, 5.74) is 13.2. The summed E-state index contributed by atoms with van der Waals surface area (Å²) in [5, 5.41) is 0.207. The molecule has 0 aliphatic carbocycles. The van der Waals surface area contributed by atoms with Gasteiger partial charge in [-0.25, -0.2) is 14.2 Å². The monoisotopic (exact) mass is 425 g/mol. The number of aliphatic imine (C=N–C) groups is 2. The minimum Gasteiger partial charge on any atom is -0.386 e. The molecular formula is C20H20ClN7O2. The normalized spacial score (nSPS) is 18.5. The van der Waals surface area contributed by atoms with Crippen molar-refractivity contribution in [2.24, 2.45) is 27.4 Å². The summed E-state index contributed by atoms with van der Waals surface area (Å²) in [5.74, 6) is -0.730. The summed E-state index contributed by atoms with van der Waals surface area (Å²) in [7, 11) is 0. The second-order valence-electron chi connectivity index (χ2n) is 6.98. The third-order valence-electron chi connectivity index (χ3n) is 5.02. The Morgan fingerprint density at radius 1 is 1.30 bits per heavy atom. The smallest absolute Gasteiger partial charge is 0.339 e. The van der Waals surface area contributed by atoms with E-state index >= 15 is 0 Å². The van der Waals surface area contributed by atoms with Crippen LogP contribution in [0.4, 0.5) is 0 Å². The van der Waals surface area contributed by atoms with Crippen molar-refractivity contribution in [3.63, 3.8) is 0 Å². The molecule has 1 aliphatic heterocycles. The fourth-order valence-corrected chi connectivity index (χ4v) is 3.77. The predicted molar refractivity (Wildman–Crippen MR) is 115 cm³/mol. The Hall–Kier alpha value is -3.46. The molecule has 1 aliphatic rings. The standard InChI is InChI=1S/C20H20ClN7O2/c1-11(26-19(23)17-14(29)7-8-24-18(17)22)13-9-16-25-10-15(21)28(16)20(30)27(13)12-5-3-2-4-6-12/h2-6,9-11,17H,7-8H2,1H3,(H2,22,24)(H2,23,26). The van der Waals surface area contributed by atoms with Crippen LogP contribution in [-0.2, 0) is 4.79 Å². The average Bonchev–Trinajstić information content (AvgIpc) is 3.09. The highest BCUT2D eigenvalue weighted by molar-refractivity contribution is 6.29. The van der Waals surface area contributed by atoms with Crippen LogP contribution in [0, 0.1) is 5.92 Å². The van der Waals surface area contributed by atoms with Crippen molar-refractivity contribution in [3.8, 4) is 5.69 Å². The topological polar surface area (TPSA) is 133 Å². The molecule has 2 unspecified atom stereocenters. The maximum Gasteiger partial charge on any atom is 0.339 e. The third kappa shape index (κ3) is 3.37. The number of carbonyl (C=O) groups is 1. The van der Waals surface area contributed by atoms with E-state index in [1.54, 1.807) is 25.1 Å². The van der Waals surface area contributed by atoms with Crippen LogP contribution < -0.4 is 17.2 Å². The van der Waals surface area contributed by atoms with Gasteiger partial charge in [0.15, 0.2) is 5.78 Å². The van der Waals surface area contributed by atoms with Gasteiger partial charge in [0.25, 0.3) is 0 Å². The number of aromatic nitrogens is 3. The maximum absolute atomic E-state index is 13.3. The number of Topliss-reactive ketones (excluding diaryl/α,β-unsaturated/α-hetero) is 1. The summed E-state index contributed by atoms with van der Waals surface area (Å²) < 4.78 is 2.81. The number of nitrogens with two attached hydrogens (primary N) is 2. The molecule has 2 atom stereocenters. The van der Waals surface area contributed by atoms with Gasteiger partial charge in [-0.15, -0.1) is 0 Å². The number of benzene rings is 1. The van der Waals surface area contributed by atoms with Crippen LogP contribution in [0.5, 0.6) is 0 Å². The van der Waals surface area contributed by atoms with Crippen LogP contribution >= 0.6 is 11.6 Å². The van der Waals surface area contributed by atoms with Gasteiger partial charge < -0.3 is 11.5 Å². The van der Waals surface area contributed by atoms with E-state index in [0.717, 1.165) is 0 Å². The van der Waals surface area contributed by atoms with E-state index in [9.17, 15) is 9.59 Å². The predicted octanol–water partition coefficient (Wildman–Crippen LogP) is 1.50. The second-order valence-corrected chi connectivity index (χ2v) is 7.37. The van der Waals surface area contributed by atoms with Crippen molar-refractivity contribution in [2.45, 2.75) is 19.4 Å². The summed E-state index contributed by atoms with van der Waals surface area (Å²) in [6.07, 6.45) is 1.68. The Kier molecular flexibility index (Phi) is 5.13. The Balaban J connectivity index is 1.87. The summed E-state index contributed by atoms with van der Waals surface area (Å²) in [6.45, 7) is 2.14. The van der Waals surface area contributed by atoms with Crippen molar-refractivity contribution in [2.75, 3.05) is 6.54 Å². The third-order valence-corrected chi connectivity index (χ3v) is 5.28. The first-order valence-electron chi connectivity index (χ1n) is 9.38. The molecule has 0 fully saturated rings. The summed E-state index contributed by atoms with van der Waals surface area (Å²) >= 11 is 6.16. The zero-order valence-corrected chi connectivity index (χ0v) is 17.0. The minimum atomic E-state index is -0.845. The Morgan fingerprint density at radius 2 is 2.03 bits per heavy atom. The number of amidine groups is 2. The van der Waals surface area contributed by atoms with Crippen LogP contribution in [0.1, 0.15) is 25.1 Å². The molecule has 3 aromatic rings. The molecule has 30 heavy (non-hydrogen) atoms. The van der Waals surface area contributed by atoms with Gasteiger partial charge in [-0.3, -0.25) is 19.3 Å². The van der Waals surface area contributed by atoms with Crippen molar-refractivity contribution in [1.82, 2.24) is 14.0 Å². The molecule has 154 valence electrons. The minimum absolute atomic E-state index is 0.0711. The molecule has 1 aromatic carbocycles. The van der Waals surface area contributed by atoms with Crippen molar-refractivity contribution in [1.29, 1.82) is 0 Å². The van der Waals surface area contributed by atoms with Gasteiger partial charge in [0, 0.05) is 19.0 Å². The lowest BCUT2D eigenvalue weighted by molar-refractivity contribution is -0.119. The molecule has 4 N–H and O–H groups in total. The number of hydrogen-bond donors (Lipinski definition) is 2. The van der Waals surface area contributed by atoms with Crippen LogP contribution in [-0.4, -0.2) is 38.0 Å². The highest BCUT2D eigenvalue weighted by atomic mass is 35.5. The number of carbonyl (C=O) groups excluding carboxylic acids is 1. The number of para-hydroxylation sites is 1. The molecule has 0 saturated carbocycles. The lowest BCUT2D eigenvalue weighted by Gasteiger charge is -2.21. The molecule has 0 spiro atoms. The molecule has 10 heteroatoms. The number of fused-ring (bicyclic) bond motifs is 1. The van der Waals surface area contributed by atoms with E-state index in [2.05, 4.69) is 15.0 Å². The second kappa shape index (κ2) is 7.75. The number of nitrogens with zero attached hydrogens (tertiary/aromatic N) is 5. The van der Waals surface area contributed by atoms with Gasteiger partial charge in [0.2, 0.25) is 0 Å². The average molecular weight is 426 g/mol. The Morgan fingerprint density at radius 3 is 2.73 bits per heavy atom. The first-order chi connectivity index (χ1) is 14.4. The van der Waals surface area contributed by atoms with Gasteiger partial charge >= 0.3 is 5.69 Å². The van der Waals surface area contributed by atoms with Gasteiger partial charge in [-0.1, -0.05) is 29.8 Å². The number of rotatable bonds is 4. The number of hydrogen-bond acceptors (Lipinski definition) is 6. The number of halogens is 1. The zero-order valence-electron chi connectivity index (χ0n) is 16.2. The first kappa shape index (κ1) is 19.8. The molecule has 3 heterocycles. The van der Waals surface area contributed by atoms with E-state index < -0.39 is 12.0 Å². The zero-order chi connectivity index (χ0) is 21.4. The van der Waals surface area contributed by atoms with E-state index in [-0.39, 0.29) is 34.7 Å². The molecule has 4 rings (SSSR count). The van der Waals surface area contributed by atoms with Crippen molar-refractivity contribution < 1.29 is 4.79 Å². The van der Waals surface area contributed by atoms with Crippen LogP contribution in [0.15, 0.2) is 57.4 Å².